The molecule has 0 heterocycles. The van der Waals surface area contributed by atoms with Gasteiger partial charge in [-0.3, -0.25) is 0 Å². The smallest absolute Gasteiger partial charge is 0.124 e. The van der Waals surface area contributed by atoms with E-state index in [1.54, 1.807) is 0 Å². The lowest BCUT2D eigenvalue weighted by atomic mass is 10.1. The van der Waals surface area contributed by atoms with Crippen LogP contribution in [0.2, 0.25) is 0 Å². The highest BCUT2D eigenvalue weighted by atomic mass is 16.5. The second-order valence-corrected chi connectivity index (χ2v) is 5.37. The van der Waals surface area contributed by atoms with E-state index in [9.17, 15) is 0 Å². The number of hydrogen-bond donors (Lipinski definition) is 1. The maximum absolute atomic E-state index is 5.93. The van der Waals surface area contributed by atoms with Crippen molar-refractivity contribution in [2.75, 3.05) is 13.2 Å². The maximum atomic E-state index is 5.93. The van der Waals surface area contributed by atoms with Crippen molar-refractivity contribution in [3.63, 3.8) is 0 Å². The highest BCUT2D eigenvalue weighted by molar-refractivity contribution is 5.38. The minimum atomic E-state index is 0.0425. The predicted octanol–water partition coefficient (Wildman–Crippen LogP) is 3.42. The van der Waals surface area contributed by atoms with Crippen LogP contribution in [-0.2, 0) is 11.3 Å². The van der Waals surface area contributed by atoms with E-state index in [0.717, 1.165) is 29.4 Å². The van der Waals surface area contributed by atoms with Gasteiger partial charge in [0.1, 0.15) is 5.75 Å². The summed E-state index contributed by atoms with van der Waals surface area (Å²) >= 11 is 0. The fourth-order valence-corrected chi connectivity index (χ4v) is 2.13. The average Bonchev–Trinajstić information content (AvgIpc) is 3.20. The lowest BCUT2D eigenvalue weighted by Gasteiger charge is -2.14. The molecule has 3 heteroatoms. The molecule has 1 aromatic rings. The molecular weight excluding hydrogens is 238 g/mol. The van der Waals surface area contributed by atoms with Crippen LogP contribution < -0.4 is 10.5 Å². The van der Waals surface area contributed by atoms with Crippen molar-refractivity contribution in [3.05, 3.63) is 29.3 Å². The molecule has 1 unspecified atom stereocenters. The van der Waals surface area contributed by atoms with E-state index < -0.39 is 0 Å². The average molecular weight is 263 g/mol. The van der Waals surface area contributed by atoms with E-state index in [0.29, 0.717) is 13.2 Å². The van der Waals surface area contributed by atoms with Crippen molar-refractivity contribution in [1.82, 2.24) is 0 Å². The molecule has 0 spiro atoms. The molecule has 0 bridgehead atoms. The minimum absolute atomic E-state index is 0.0425. The summed E-state index contributed by atoms with van der Waals surface area (Å²) in [6.07, 6.45) is 3.96. The van der Waals surface area contributed by atoms with Gasteiger partial charge < -0.3 is 15.2 Å². The van der Waals surface area contributed by atoms with Crippen LogP contribution in [0.15, 0.2) is 18.2 Å². The molecule has 3 nitrogen and oxygen atoms in total. The number of benzene rings is 1. The third-order valence-corrected chi connectivity index (χ3v) is 3.54. The lowest BCUT2D eigenvalue weighted by Crippen LogP contribution is -2.07. The Balaban J connectivity index is 1.94. The molecule has 0 aromatic heterocycles. The number of nitrogens with two attached hydrogens (primary N) is 1. The Morgan fingerprint density at radius 2 is 2.16 bits per heavy atom. The molecule has 0 aliphatic heterocycles. The van der Waals surface area contributed by atoms with Gasteiger partial charge in [-0.2, -0.15) is 0 Å². The third kappa shape index (κ3) is 4.51. The van der Waals surface area contributed by atoms with Crippen LogP contribution in [0.4, 0.5) is 0 Å². The summed E-state index contributed by atoms with van der Waals surface area (Å²) in [4.78, 5) is 0. The normalized spacial score (nSPS) is 16.4. The molecule has 19 heavy (non-hydrogen) atoms. The van der Waals surface area contributed by atoms with Crippen LogP contribution >= 0.6 is 0 Å². The van der Waals surface area contributed by atoms with Crippen molar-refractivity contribution in [1.29, 1.82) is 0 Å². The fourth-order valence-electron chi connectivity index (χ4n) is 2.13. The van der Waals surface area contributed by atoms with Gasteiger partial charge in [0.05, 0.1) is 13.2 Å². The Bertz CT molecular complexity index is 400. The molecule has 1 aliphatic rings. The van der Waals surface area contributed by atoms with Crippen LogP contribution in [0.5, 0.6) is 5.75 Å². The van der Waals surface area contributed by atoms with Crippen molar-refractivity contribution in [2.45, 2.75) is 45.8 Å². The van der Waals surface area contributed by atoms with Crippen LogP contribution in [0, 0.1) is 5.92 Å². The van der Waals surface area contributed by atoms with Gasteiger partial charge >= 0.3 is 0 Å². The standard InChI is InChI=1S/C16H25NO2/c1-3-19-16-7-6-14(12(2)17)10-15(16)11-18-9-8-13-4-5-13/h6-7,10,12-13H,3-5,8-9,11,17H2,1-2H3. The van der Waals surface area contributed by atoms with Gasteiger partial charge in [-0.25, -0.2) is 0 Å². The molecule has 0 amide bonds. The Morgan fingerprint density at radius 1 is 1.37 bits per heavy atom. The zero-order chi connectivity index (χ0) is 13.7. The molecule has 106 valence electrons. The predicted molar refractivity (Wildman–Crippen MR) is 77.2 cm³/mol. The molecule has 1 fully saturated rings. The Morgan fingerprint density at radius 3 is 2.79 bits per heavy atom. The molecule has 1 aliphatic carbocycles. The van der Waals surface area contributed by atoms with Crippen LogP contribution in [-0.4, -0.2) is 13.2 Å². The highest BCUT2D eigenvalue weighted by Crippen LogP contribution is 2.32. The number of ether oxygens (including phenoxy) is 2. The first-order valence-corrected chi connectivity index (χ1v) is 7.29. The number of hydrogen-bond acceptors (Lipinski definition) is 3. The van der Waals surface area contributed by atoms with Gasteiger partial charge in [0, 0.05) is 18.2 Å². The molecule has 0 saturated heterocycles. The topological polar surface area (TPSA) is 44.5 Å². The second kappa shape index (κ2) is 6.92. The van der Waals surface area contributed by atoms with Crippen LogP contribution in [0.3, 0.4) is 0 Å². The Hall–Kier alpha value is -1.06. The second-order valence-electron chi connectivity index (χ2n) is 5.37. The molecule has 1 atom stereocenters. The first-order chi connectivity index (χ1) is 9.20. The van der Waals surface area contributed by atoms with Gasteiger partial charge in [-0.15, -0.1) is 0 Å². The number of rotatable bonds is 8. The summed E-state index contributed by atoms with van der Waals surface area (Å²) in [7, 11) is 0. The van der Waals surface area contributed by atoms with Gasteiger partial charge in [0.25, 0.3) is 0 Å². The van der Waals surface area contributed by atoms with E-state index in [-0.39, 0.29) is 6.04 Å². The van der Waals surface area contributed by atoms with E-state index in [1.807, 2.05) is 26.0 Å². The summed E-state index contributed by atoms with van der Waals surface area (Å²) in [5.74, 6) is 1.83. The summed E-state index contributed by atoms with van der Waals surface area (Å²) in [5, 5.41) is 0. The van der Waals surface area contributed by atoms with Crippen molar-refractivity contribution < 1.29 is 9.47 Å². The Labute approximate surface area is 116 Å². The third-order valence-electron chi connectivity index (χ3n) is 3.54. The van der Waals surface area contributed by atoms with Gasteiger partial charge in [0.15, 0.2) is 0 Å². The molecule has 2 N–H and O–H groups in total. The molecule has 1 saturated carbocycles. The summed E-state index contributed by atoms with van der Waals surface area (Å²) in [6, 6.07) is 6.18. The van der Waals surface area contributed by atoms with Crippen molar-refractivity contribution >= 4 is 0 Å². The first-order valence-electron chi connectivity index (χ1n) is 7.29. The zero-order valence-electron chi connectivity index (χ0n) is 12.0. The maximum Gasteiger partial charge on any atom is 0.124 e. The zero-order valence-corrected chi connectivity index (χ0v) is 12.0. The van der Waals surface area contributed by atoms with E-state index >= 15 is 0 Å². The summed E-state index contributed by atoms with van der Waals surface area (Å²) in [5.41, 5.74) is 8.16. The highest BCUT2D eigenvalue weighted by Gasteiger charge is 2.20. The van der Waals surface area contributed by atoms with Crippen LogP contribution in [0.1, 0.15) is 50.3 Å². The SMILES string of the molecule is CCOc1ccc(C(C)N)cc1COCCC1CC1. The van der Waals surface area contributed by atoms with Gasteiger partial charge in [-0.1, -0.05) is 18.9 Å². The quantitative estimate of drug-likeness (QED) is 0.731. The summed E-state index contributed by atoms with van der Waals surface area (Å²) < 4.78 is 11.4. The van der Waals surface area contributed by atoms with Crippen LogP contribution in [0.25, 0.3) is 0 Å². The molecule has 0 radical (unpaired) electrons. The minimum Gasteiger partial charge on any atom is -0.494 e. The molecule has 2 rings (SSSR count). The lowest BCUT2D eigenvalue weighted by molar-refractivity contribution is 0.112. The molecular formula is C16H25NO2. The monoisotopic (exact) mass is 263 g/mol. The summed E-state index contributed by atoms with van der Waals surface area (Å²) in [6.45, 7) is 6.12. The van der Waals surface area contributed by atoms with E-state index in [2.05, 4.69) is 6.07 Å². The first kappa shape index (κ1) is 14.4. The van der Waals surface area contributed by atoms with Gasteiger partial charge in [-0.05, 0) is 43.9 Å². The van der Waals surface area contributed by atoms with E-state index in [1.165, 1.54) is 19.3 Å². The fraction of sp³-hybridized carbons (Fsp3) is 0.625. The largest absolute Gasteiger partial charge is 0.494 e. The van der Waals surface area contributed by atoms with E-state index in [4.69, 9.17) is 15.2 Å². The Kier molecular flexibility index (Phi) is 5.23. The van der Waals surface area contributed by atoms with Gasteiger partial charge in [0.2, 0.25) is 0 Å². The van der Waals surface area contributed by atoms with Crippen molar-refractivity contribution in [3.8, 4) is 5.75 Å². The van der Waals surface area contributed by atoms with Crippen molar-refractivity contribution in [2.24, 2.45) is 11.7 Å². The molecule has 1 aromatic carbocycles.